The van der Waals surface area contributed by atoms with Crippen LogP contribution in [0.5, 0.6) is 0 Å². The first kappa shape index (κ1) is 14.5. The van der Waals surface area contributed by atoms with E-state index >= 15 is 0 Å². The van der Waals surface area contributed by atoms with Crippen LogP contribution in [0.15, 0.2) is 47.0 Å². The number of aryl methyl sites for hydroxylation is 1. The number of halogens is 1. The maximum Gasteiger partial charge on any atom is 0.348 e. The minimum absolute atomic E-state index is 0.0447. The number of benzene rings is 1. The lowest BCUT2D eigenvalue weighted by Crippen LogP contribution is -2.03. The molecule has 22 heavy (non-hydrogen) atoms. The largest absolute Gasteiger partial charge is 0.451 e. The van der Waals surface area contributed by atoms with E-state index in [0.717, 1.165) is 4.88 Å². The van der Waals surface area contributed by atoms with E-state index in [2.05, 4.69) is 4.98 Å². The van der Waals surface area contributed by atoms with Gasteiger partial charge in [0.25, 0.3) is 0 Å². The molecule has 0 saturated carbocycles. The highest BCUT2D eigenvalue weighted by Crippen LogP contribution is 2.21. The Hall–Kier alpha value is -2.47. The van der Waals surface area contributed by atoms with E-state index in [1.54, 1.807) is 18.2 Å². The summed E-state index contributed by atoms with van der Waals surface area (Å²) in [5.41, 5.74) is 0.709. The summed E-state index contributed by atoms with van der Waals surface area (Å²) in [6, 6.07) is 9.47. The molecule has 0 radical (unpaired) electrons. The van der Waals surface area contributed by atoms with Crippen LogP contribution in [0.25, 0.3) is 11.3 Å². The third kappa shape index (κ3) is 3.23. The molecule has 0 saturated heterocycles. The second-order valence-corrected chi connectivity index (χ2v) is 5.90. The number of hydrogen-bond acceptors (Lipinski definition) is 5. The molecule has 0 N–H and O–H groups in total. The van der Waals surface area contributed by atoms with Crippen molar-refractivity contribution in [3.63, 3.8) is 0 Å². The molecule has 0 spiro atoms. The molecule has 0 aliphatic heterocycles. The molecular weight excluding hydrogens is 305 g/mol. The zero-order chi connectivity index (χ0) is 15.5. The van der Waals surface area contributed by atoms with Gasteiger partial charge in [-0.2, -0.15) is 0 Å². The fraction of sp³-hybridized carbons (Fsp3) is 0.125. The van der Waals surface area contributed by atoms with Crippen LogP contribution in [0.1, 0.15) is 20.4 Å². The van der Waals surface area contributed by atoms with Gasteiger partial charge in [0.05, 0.1) is 6.20 Å². The van der Waals surface area contributed by atoms with Crippen molar-refractivity contribution >= 4 is 17.3 Å². The van der Waals surface area contributed by atoms with Crippen LogP contribution in [-0.4, -0.2) is 11.0 Å². The van der Waals surface area contributed by atoms with Crippen molar-refractivity contribution in [3.8, 4) is 11.3 Å². The Labute approximate surface area is 130 Å². The van der Waals surface area contributed by atoms with Gasteiger partial charge in [-0.15, -0.1) is 11.3 Å². The Morgan fingerprint density at radius 3 is 2.73 bits per heavy atom. The predicted octanol–water partition coefficient (Wildman–Crippen LogP) is 4.21. The highest BCUT2D eigenvalue weighted by atomic mass is 32.1. The number of carbonyl (C=O) groups is 1. The van der Waals surface area contributed by atoms with E-state index in [1.165, 1.54) is 29.7 Å². The van der Waals surface area contributed by atoms with Crippen LogP contribution in [0, 0.1) is 12.7 Å². The van der Waals surface area contributed by atoms with Crippen molar-refractivity contribution < 1.29 is 18.3 Å². The molecule has 0 bridgehead atoms. The molecule has 2 aromatic heterocycles. The van der Waals surface area contributed by atoms with Crippen molar-refractivity contribution in [1.29, 1.82) is 0 Å². The maximum atomic E-state index is 12.9. The fourth-order valence-electron chi connectivity index (χ4n) is 1.87. The summed E-state index contributed by atoms with van der Waals surface area (Å²) >= 11 is 1.37. The molecule has 112 valence electrons. The predicted molar refractivity (Wildman–Crippen MR) is 80.1 cm³/mol. The SMILES string of the molecule is Cc1ccc(C(=O)OCc2ncc(-c3ccc(F)cc3)o2)s1. The fourth-order valence-corrected chi connectivity index (χ4v) is 2.63. The minimum Gasteiger partial charge on any atom is -0.451 e. The maximum absolute atomic E-state index is 12.9. The van der Waals surface area contributed by atoms with Crippen LogP contribution >= 0.6 is 11.3 Å². The topological polar surface area (TPSA) is 52.3 Å². The van der Waals surface area contributed by atoms with Crippen molar-refractivity contribution in [3.05, 3.63) is 64.1 Å². The van der Waals surface area contributed by atoms with Crippen LogP contribution in [0.3, 0.4) is 0 Å². The average Bonchev–Trinajstić information content (AvgIpc) is 3.15. The number of aromatic nitrogens is 1. The highest BCUT2D eigenvalue weighted by molar-refractivity contribution is 7.13. The van der Waals surface area contributed by atoms with Crippen molar-refractivity contribution in [2.24, 2.45) is 0 Å². The van der Waals surface area contributed by atoms with Gasteiger partial charge in [-0.3, -0.25) is 0 Å². The van der Waals surface area contributed by atoms with Crippen LogP contribution in [0.2, 0.25) is 0 Å². The van der Waals surface area contributed by atoms with Crippen LogP contribution in [0.4, 0.5) is 4.39 Å². The van der Waals surface area contributed by atoms with E-state index in [1.807, 2.05) is 13.0 Å². The summed E-state index contributed by atoms with van der Waals surface area (Å²) in [6.07, 6.45) is 1.52. The quantitative estimate of drug-likeness (QED) is 0.676. The summed E-state index contributed by atoms with van der Waals surface area (Å²) in [5.74, 6) is 0.0715. The Bertz CT molecular complexity index is 792. The lowest BCUT2D eigenvalue weighted by molar-refractivity contribution is 0.0445. The van der Waals surface area contributed by atoms with E-state index in [4.69, 9.17) is 9.15 Å². The number of esters is 1. The minimum atomic E-state index is -0.403. The number of rotatable bonds is 4. The number of nitrogens with zero attached hydrogens (tertiary/aromatic N) is 1. The Kier molecular flexibility index (Phi) is 4.02. The van der Waals surface area contributed by atoms with Crippen LogP contribution in [-0.2, 0) is 11.3 Å². The lowest BCUT2D eigenvalue weighted by Gasteiger charge is -1.99. The first-order valence-corrected chi connectivity index (χ1v) is 7.37. The zero-order valence-corrected chi connectivity index (χ0v) is 12.5. The highest BCUT2D eigenvalue weighted by Gasteiger charge is 2.12. The normalized spacial score (nSPS) is 10.6. The number of hydrogen-bond donors (Lipinski definition) is 0. The van der Waals surface area contributed by atoms with Gasteiger partial charge in [0.1, 0.15) is 10.7 Å². The van der Waals surface area contributed by atoms with Gasteiger partial charge >= 0.3 is 5.97 Å². The monoisotopic (exact) mass is 317 g/mol. The van der Waals surface area contributed by atoms with Gasteiger partial charge in [-0.25, -0.2) is 14.2 Å². The van der Waals surface area contributed by atoms with E-state index in [9.17, 15) is 9.18 Å². The molecule has 0 fully saturated rings. The van der Waals surface area contributed by atoms with E-state index < -0.39 is 5.97 Å². The van der Waals surface area contributed by atoms with E-state index in [-0.39, 0.29) is 12.4 Å². The smallest absolute Gasteiger partial charge is 0.348 e. The molecule has 3 aromatic rings. The first-order valence-electron chi connectivity index (χ1n) is 6.56. The standard InChI is InChI=1S/C16H12FNO3S/c1-10-2-7-14(22-10)16(19)20-9-15-18-8-13(21-15)11-3-5-12(17)6-4-11/h2-8H,9H2,1H3. The molecule has 6 heteroatoms. The summed E-state index contributed by atoms with van der Waals surface area (Å²) < 4.78 is 23.5. The molecule has 0 unspecified atom stereocenters. The Morgan fingerprint density at radius 2 is 2.05 bits per heavy atom. The Morgan fingerprint density at radius 1 is 1.27 bits per heavy atom. The van der Waals surface area contributed by atoms with Gasteiger partial charge < -0.3 is 9.15 Å². The van der Waals surface area contributed by atoms with Crippen molar-refractivity contribution in [1.82, 2.24) is 4.98 Å². The number of ether oxygens (including phenoxy) is 1. The summed E-state index contributed by atoms with van der Waals surface area (Å²) in [4.78, 5) is 17.5. The summed E-state index contributed by atoms with van der Waals surface area (Å²) in [5, 5.41) is 0. The number of carbonyl (C=O) groups excluding carboxylic acids is 1. The van der Waals surface area contributed by atoms with Crippen molar-refractivity contribution in [2.45, 2.75) is 13.5 Å². The van der Waals surface area contributed by atoms with Gasteiger partial charge in [0.2, 0.25) is 5.89 Å². The Balaban J connectivity index is 1.64. The van der Waals surface area contributed by atoms with Crippen LogP contribution < -0.4 is 0 Å². The molecule has 1 aromatic carbocycles. The molecule has 0 aliphatic rings. The lowest BCUT2D eigenvalue weighted by atomic mass is 10.2. The number of oxazole rings is 1. The van der Waals surface area contributed by atoms with Crippen molar-refractivity contribution in [2.75, 3.05) is 0 Å². The summed E-state index contributed by atoms with van der Waals surface area (Å²) in [7, 11) is 0. The summed E-state index contributed by atoms with van der Waals surface area (Å²) in [6.45, 7) is 1.88. The average molecular weight is 317 g/mol. The third-order valence-corrected chi connectivity index (χ3v) is 3.93. The number of thiophene rings is 1. The first-order chi connectivity index (χ1) is 10.6. The second kappa shape index (κ2) is 6.11. The molecule has 0 atom stereocenters. The van der Waals surface area contributed by atoms with Gasteiger partial charge in [0, 0.05) is 10.4 Å². The molecule has 3 rings (SSSR count). The molecule has 4 nitrogen and oxygen atoms in total. The molecule has 0 aliphatic carbocycles. The van der Waals surface area contributed by atoms with E-state index in [0.29, 0.717) is 22.1 Å². The van der Waals surface area contributed by atoms with Gasteiger partial charge in [-0.1, -0.05) is 0 Å². The third-order valence-electron chi connectivity index (χ3n) is 2.95. The van der Waals surface area contributed by atoms with Gasteiger partial charge in [-0.05, 0) is 43.3 Å². The molecular formula is C16H12FNO3S. The van der Waals surface area contributed by atoms with Gasteiger partial charge in [0.15, 0.2) is 12.4 Å². The molecule has 2 heterocycles. The second-order valence-electron chi connectivity index (χ2n) is 4.61. The zero-order valence-electron chi connectivity index (χ0n) is 11.7. The molecule has 0 amide bonds.